The van der Waals surface area contributed by atoms with E-state index < -0.39 is 61.5 Å². The van der Waals surface area contributed by atoms with Crippen LogP contribution in [0.15, 0.2) is 24.3 Å². The predicted molar refractivity (Wildman–Crippen MR) is 181 cm³/mol. The fourth-order valence-electron chi connectivity index (χ4n) is 5.53. The van der Waals surface area contributed by atoms with Gasteiger partial charge in [-0.25, -0.2) is 0 Å². The van der Waals surface area contributed by atoms with Crippen LogP contribution in [-0.2, 0) is 14.3 Å². The molecule has 1 saturated heterocycles. The zero-order valence-electron chi connectivity index (χ0n) is 28.7. The molecular weight excluding hydrogens is 590 g/mol. The Kier molecular flexibility index (Phi) is 25.6. The van der Waals surface area contributed by atoms with Gasteiger partial charge in [-0.15, -0.1) is 0 Å². The average molecular weight is 658 g/mol. The van der Waals surface area contributed by atoms with E-state index in [2.05, 4.69) is 31.3 Å². The minimum absolute atomic E-state index is 0.305. The summed E-state index contributed by atoms with van der Waals surface area (Å²) in [5, 5.41) is 64.0. The molecule has 1 rings (SSSR count). The maximum absolute atomic E-state index is 12.9. The molecule has 0 aromatic heterocycles. The summed E-state index contributed by atoms with van der Waals surface area (Å²) in [6, 6.07) is -0.989. The van der Waals surface area contributed by atoms with Gasteiger partial charge in [-0.2, -0.15) is 0 Å². The van der Waals surface area contributed by atoms with Crippen LogP contribution in [0.2, 0.25) is 0 Å². The molecular formula is C36H67NO9. The summed E-state index contributed by atoms with van der Waals surface area (Å²) in [6.07, 6.45) is 18.6. The molecule has 1 fully saturated rings. The van der Waals surface area contributed by atoms with Crippen molar-refractivity contribution in [3.8, 4) is 0 Å². The molecule has 8 unspecified atom stereocenters. The lowest BCUT2D eigenvalue weighted by atomic mass is 9.99. The van der Waals surface area contributed by atoms with E-state index in [-0.39, 0.29) is 6.61 Å². The number of ether oxygens (including phenoxy) is 2. The Bertz CT molecular complexity index is 793. The molecule has 1 aliphatic rings. The zero-order valence-corrected chi connectivity index (χ0v) is 28.7. The lowest BCUT2D eigenvalue weighted by Gasteiger charge is -2.40. The van der Waals surface area contributed by atoms with Gasteiger partial charge in [-0.3, -0.25) is 4.79 Å². The highest BCUT2D eigenvalue weighted by molar-refractivity contribution is 5.80. The SMILES string of the molecule is CCCCCCCC/C=C/CC/C=C/C(O)C(COC1OC(CO)C(O)C(O)C1O)NC(=O)C(O)CCCCCCCCCCC. The number of rotatable bonds is 28. The van der Waals surface area contributed by atoms with Gasteiger partial charge < -0.3 is 45.4 Å². The summed E-state index contributed by atoms with van der Waals surface area (Å²) < 4.78 is 11.0. The van der Waals surface area contributed by atoms with Gasteiger partial charge in [-0.1, -0.05) is 128 Å². The van der Waals surface area contributed by atoms with Crippen LogP contribution < -0.4 is 5.32 Å². The molecule has 7 N–H and O–H groups in total. The Balaban J connectivity index is 2.61. The molecule has 0 radical (unpaired) electrons. The van der Waals surface area contributed by atoms with E-state index in [9.17, 15) is 35.4 Å². The second kappa shape index (κ2) is 27.6. The molecule has 270 valence electrons. The normalized spacial score (nSPS) is 24.0. The molecule has 46 heavy (non-hydrogen) atoms. The number of aliphatic hydroxyl groups is 6. The highest BCUT2D eigenvalue weighted by Gasteiger charge is 2.44. The van der Waals surface area contributed by atoms with Gasteiger partial charge in [0.2, 0.25) is 5.91 Å². The molecule has 1 heterocycles. The van der Waals surface area contributed by atoms with Gasteiger partial charge in [0.25, 0.3) is 0 Å². The second-order valence-electron chi connectivity index (χ2n) is 12.8. The number of carbonyl (C=O) groups is 1. The monoisotopic (exact) mass is 657 g/mol. The fourth-order valence-corrected chi connectivity index (χ4v) is 5.53. The molecule has 0 aliphatic carbocycles. The molecule has 1 amide bonds. The van der Waals surface area contributed by atoms with Gasteiger partial charge in [0.1, 0.15) is 30.5 Å². The number of allylic oxidation sites excluding steroid dienone is 3. The number of nitrogens with one attached hydrogen (secondary N) is 1. The maximum Gasteiger partial charge on any atom is 0.249 e. The molecule has 10 nitrogen and oxygen atoms in total. The standard InChI is InChI=1S/C36H67NO9/c1-3-5-7-9-11-13-14-15-17-18-20-22-24-29(39)28(27-45-36-34(43)33(42)32(41)31(26-38)46-36)37-35(44)30(40)25-23-21-19-16-12-10-8-6-4-2/h15,17,22,24,28-34,36,38-43H,3-14,16,18-21,23,25-27H2,1-2H3,(H,37,44)/b17-15+,24-22+. The summed E-state index contributed by atoms with van der Waals surface area (Å²) in [6.45, 7) is 3.50. The van der Waals surface area contributed by atoms with Crippen LogP contribution in [0.4, 0.5) is 0 Å². The average Bonchev–Trinajstić information content (AvgIpc) is 3.05. The van der Waals surface area contributed by atoms with E-state index in [1.807, 2.05) is 6.08 Å². The van der Waals surface area contributed by atoms with Crippen LogP contribution in [0, 0.1) is 0 Å². The van der Waals surface area contributed by atoms with Crippen molar-refractivity contribution in [2.45, 2.75) is 185 Å². The lowest BCUT2D eigenvalue weighted by Crippen LogP contribution is -2.60. The molecule has 1 aliphatic heterocycles. The number of unbranched alkanes of at least 4 members (excludes halogenated alkanes) is 15. The number of aliphatic hydroxyl groups excluding tert-OH is 6. The van der Waals surface area contributed by atoms with Crippen LogP contribution in [0.3, 0.4) is 0 Å². The van der Waals surface area contributed by atoms with Gasteiger partial charge in [0.05, 0.1) is 25.4 Å². The van der Waals surface area contributed by atoms with Crippen molar-refractivity contribution in [3.05, 3.63) is 24.3 Å². The van der Waals surface area contributed by atoms with Crippen LogP contribution >= 0.6 is 0 Å². The summed E-state index contributed by atoms with van der Waals surface area (Å²) >= 11 is 0. The van der Waals surface area contributed by atoms with Gasteiger partial charge in [-0.05, 0) is 32.1 Å². The van der Waals surface area contributed by atoms with Crippen LogP contribution in [-0.4, -0.2) is 98.7 Å². The maximum atomic E-state index is 12.9. The van der Waals surface area contributed by atoms with Crippen LogP contribution in [0.1, 0.15) is 136 Å². The minimum Gasteiger partial charge on any atom is -0.394 e. The van der Waals surface area contributed by atoms with Crippen LogP contribution in [0.5, 0.6) is 0 Å². The molecule has 0 bridgehead atoms. The third kappa shape index (κ3) is 18.8. The van der Waals surface area contributed by atoms with E-state index in [1.165, 1.54) is 70.6 Å². The van der Waals surface area contributed by atoms with Crippen molar-refractivity contribution >= 4 is 5.91 Å². The van der Waals surface area contributed by atoms with Crippen molar-refractivity contribution in [2.24, 2.45) is 0 Å². The summed E-state index contributed by atoms with van der Waals surface area (Å²) in [5.41, 5.74) is 0. The largest absolute Gasteiger partial charge is 0.394 e. The van der Waals surface area contributed by atoms with Gasteiger partial charge in [0.15, 0.2) is 6.29 Å². The van der Waals surface area contributed by atoms with E-state index in [0.29, 0.717) is 19.3 Å². The Morgan fingerprint density at radius 1 is 0.739 bits per heavy atom. The highest BCUT2D eigenvalue weighted by Crippen LogP contribution is 2.22. The van der Waals surface area contributed by atoms with E-state index in [4.69, 9.17) is 9.47 Å². The first kappa shape index (κ1) is 42.7. The number of carbonyl (C=O) groups excluding carboxylic acids is 1. The van der Waals surface area contributed by atoms with E-state index in [0.717, 1.165) is 32.1 Å². The Morgan fingerprint density at radius 2 is 1.28 bits per heavy atom. The highest BCUT2D eigenvalue weighted by atomic mass is 16.7. The van der Waals surface area contributed by atoms with Gasteiger partial charge in [0, 0.05) is 0 Å². The predicted octanol–water partition coefficient (Wildman–Crippen LogP) is 4.57. The Hall–Kier alpha value is -1.37. The number of hydrogen-bond acceptors (Lipinski definition) is 9. The van der Waals surface area contributed by atoms with Crippen molar-refractivity contribution in [2.75, 3.05) is 13.2 Å². The van der Waals surface area contributed by atoms with E-state index >= 15 is 0 Å². The Morgan fingerprint density at radius 3 is 1.89 bits per heavy atom. The topological polar surface area (TPSA) is 169 Å². The number of hydrogen-bond donors (Lipinski definition) is 7. The molecule has 10 heteroatoms. The van der Waals surface area contributed by atoms with Crippen molar-refractivity contribution in [1.82, 2.24) is 5.32 Å². The first-order valence-electron chi connectivity index (χ1n) is 18.2. The van der Waals surface area contributed by atoms with Crippen molar-refractivity contribution in [3.63, 3.8) is 0 Å². The fraction of sp³-hybridized carbons (Fsp3) is 0.861. The zero-order chi connectivity index (χ0) is 34.0. The molecule has 0 aromatic carbocycles. The van der Waals surface area contributed by atoms with Crippen molar-refractivity contribution < 1.29 is 44.9 Å². The summed E-state index contributed by atoms with van der Waals surface area (Å²) in [4.78, 5) is 12.9. The number of amides is 1. The lowest BCUT2D eigenvalue weighted by molar-refractivity contribution is -0.302. The summed E-state index contributed by atoms with van der Waals surface area (Å²) in [7, 11) is 0. The minimum atomic E-state index is -1.61. The third-order valence-electron chi connectivity index (χ3n) is 8.64. The summed E-state index contributed by atoms with van der Waals surface area (Å²) in [5.74, 6) is -0.632. The van der Waals surface area contributed by atoms with Gasteiger partial charge >= 0.3 is 0 Å². The molecule has 0 aromatic rings. The van der Waals surface area contributed by atoms with Crippen LogP contribution in [0.25, 0.3) is 0 Å². The molecule has 0 saturated carbocycles. The third-order valence-corrected chi connectivity index (χ3v) is 8.64. The van der Waals surface area contributed by atoms with E-state index in [1.54, 1.807) is 6.08 Å². The van der Waals surface area contributed by atoms with Crippen molar-refractivity contribution in [1.29, 1.82) is 0 Å². The second-order valence-corrected chi connectivity index (χ2v) is 12.8. The smallest absolute Gasteiger partial charge is 0.249 e. The quantitative estimate of drug-likeness (QED) is 0.0471. The molecule has 8 atom stereocenters. The molecule has 0 spiro atoms. The Labute approximate surface area is 278 Å². The first-order chi connectivity index (χ1) is 22.3. The first-order valence-corrected chi connectivity index (χ1v) is 18.2.